The van der Waals surface area contributed by atoms with E-state index in [0.29, 0.717) is 42.6 Å². The van der Waals surface area contributed by atoms with Crippen LogP contribution in [0, 0.1) is 5.92 Å². The van der Waals surface area contributed by atoms with Gasteiger partial charge in [-0.25, -0.2) is 14.0 Å². The number of imidazole rings is 1. The van der Waals surface area contributed by atoms with Crippen molar-refractivity contribution in [1.82, 2.24) is 23.9 Å². The molecule has 2 aromatic carbocycles. The first-order valence-electron chi connectivity index (χ1n) is 15.4. The lowest BCUT2D eigenvalue weighted by molar-refractivity contribution is -0.138. The van der Waals surface area contributed by atoms with Gasteiger partial charge >= 0.3 is 11.7 Å². The summed E-state index contributed by atoms with van der Waals surface area (Å²) >= 11 is 0. The van der Waals surface area contributed by atoms with Gasteiger partial charge in [-0.2, -0.15) is 0 Å². The highest BCUT2D eigenvalue weighted by Crippen LogP contribution is 2.29. The number of halogens is 1. The predicted molar refractivity (Wildman–Crippen MR) is 165 cm³/mol. The number of fused-ring (bicyclic) bond motifs is 1. The molecule has 2 aliphatic rings. The van der Waals surface area contributed by atoms with Gasteiger partial charge in [0.15, 0.2) is 0 Å². The van der Waals surface area contributed by atoms with E-state index in [1.54, 1.807) is 51.6 Å². The Hall–Kier alpha value is -4.31. The molecule has 6 rings (SSSR count). The second kappa shape index (κ2) is 13.5. The van der Waals surface area contributed by atoms with E-state index in [-0.39, 0.29) is 36.7 Å². The molecule has 0 radical (unpaired) electrons. The zero-order valence-electron chi connectivity index (χ0n) is 24.8. The number of alkyl halides is 1. The Morgan fingerprint density at radius 3 is 2.30 bits per heavy atom. The largest absolute Gasteiger partial charge is 0.460 e. The van der Waals surface area contributed by atoms with Crippen molar-refractivity contribution in [2.75, 3.05) is 32.8 Å². The summed E-state index contributed by atoms with van der Waals surface area (Å²) in [6, 6.07) is 17.9. The number of carbonyl (C=O) groups excluding carboxylic acids is 2. The SMILES string of the molecule is O=C(OCCn1c(=O)n(C2CCN(C(=O)C3CCN(Cc4ccncc4)CC3)CC2)c2ccc(CF)cc21)c1ccccc1. The van der Waals surface area contributed by atoms with E-state index in [2.05, 4.69) is 9.88 Å². The second-order valence-corrected chi connectivity index (χ2v) is 11.7. The number of hydrogen-bond donors (Lipinski definition) is 0. The van der Waals surface area contributed by atoms with Gasteiger partial charge < -0.3 is 9.64 Å². The third-order valence-electron chi connectivity index (χ3n) is 8.97. The molecule has 2 saturated heterocycles. The smallest absolute Gasteiger partial charge is 0.338 e. The van der Waals surface area contributed by atoms with Crippen LogP contribution < -0.4 is 5.69 Å². The standard InChI is InChI=1S/C34H38FN5O4/c35-23-26-6-7-30-31(22-26)39(20-21-44-33(42)28-4-2-1-3-5-28)34(43)40(30)29-12-18-38(19-13-29)32(41)27-10-16-37(17-11-27)24-25-8-14-36-15-9-25/h1-9,14-15,22,27,29H,10-13,16-21,23-24H2. The van der Waals surface area contributed by atoms with E-state index in [9.17, 15) is 18.8 Å². The van der Waals surface area contributed by atoms with Gasteiger partial charge in [0, 0.05) is 44.0 Å². The number of pyridine rings is 1. The van der Waals surface area contributed by atoms with Gasteiger partial charge in [-0.05, 0) is 86.3 Å². The number of aromatic nitrogens is 3. The molecule has 0 aliphatic carbocycles. The molecule has 0 bridgehead atoms. The molecule has 2 fully saturated rings. The molecule has 4 heterocycles. The molecule has 0 unspecified atom stereocenters. The van der Waals surface area contributed by atoms with E-state index >= 15 is 0 Å². The highest BCUT2D eigenvalue weighted by atomic mass is 19.1. The van der Waals surface area contributed by atoms with Gasteiger partial charge in [-0.1, -0.05) is 24.3 Å². The zero-order valence-corrected chi connectivity index (χ0v) is 24.8. The Morgan fingerprint density at radius 1 is 0.864 bits per heavy atom. The van der Waals surface area contributed by atoms with Gasteiger partial charge in [0.2, 0.25) is 5.91 Å². The highest BCUT2D eigenvalue weighted by Gasteiger charge is 2.32. The van der Waals surface area contributed by atoms with Crippen molar-refractivity contribution in [2.45, 2.75) is 51.5 Å². The lowest BCUT2D eigenvalue weighted by Gasteiger charge is -2.37. The molecular formula is C34H38FN5O4. The minimum absolute atomic E-state index is 0.0148. The summed E-state index contributed by atoms with van der Waals surface area (Å²) in [4.78, 5) is 48.1. The Bertz CT molecular complexity index is 1640. The molecule has 0 saturated carbocycles. The molecule has 9 nitrogen and oxygen atoms in total. The van der Waals surface area contributed by atoms with Crippen molar-refractivity contribution < 1.29 is 18.7 Å². The van der Waals surface area contributed by atoms with Crippen LogP contribution >= 0.6 is 0 Å². The maximum Gasteiger partial charge on any atom is 0.338 e. The minimum Gasteiger partial charge on any atom is -0.460 e. The summed E-state index contributed by atoms with van der Waals surface area (Å²) in [6.07, 6.45) is 6.66. The van der Waals surface area contributed by atoms with Gasteiger partial charge in [0.25, 0.3) is 0 Å². The fourth-order valence-corrected chi connectivity index (χ4v) is 6.55. The van der Waals surface area contributed by atoms with Crippen molar-refractivity contribution in [3.8, 4) is 0 Å². The van der Waals surface area contributed by atoms with Crippen molar-refractivity contribution in [3.63, 3.8) is 0 Å². The maximum atomic E-state index is 13.8. The number of nitrogens with zero attached hydrogens (tertiary/aromatic N) is 5. The van der Waals surface area contributed by atoms with Crippen molar-refractivity contribution >= 4 is 22.9 Å². The van der Waals surface area contributed by atoms with Gasteiger partial charge in [0.1, 0.15) is 13.3 Å². The van der Waals surface area contributed by atoms with E-state index in [4.69, 9.17) is 4.74 Å². The Labute approximate surface area is 255 Å². The summed E-state index contributed by atoms with van der Waals surface area (Å²) in [5.74, 6) is -0.208. The van der Waals surface area contributed by atoms with Crippen LogP contribution in [0.5, 0.6) is 0 Å². The van der Waals surface area contributed by atoms with E-state index in [0.717, 1.165) is 38.0 Å². The predicted octanol–water partition coefficient (Wildman–Crippen LogP) is 4.60. The third-order valence-corrected chi connectivity index (χ3v) is 8.97. The lowest BCUT2D eigenvalue weighted by atomic mass is 9.93. The van der Waals surface area contributed by atoms with Crippen molar-refractivity contribution in [1.29, 1.82) is 0 Å². The number of hydrogen-bond acceptors (Lipinski definition) is 6. The molecule has 10 heteroatoms. The number of likely N-dealkylation sites (tertiary alicyclic amines) is 2. The van der Waals surface area contributed by atoms with Gasteiger partial charge in [0.05, 0.1) is 23.1 Å². The fourth-order valence-electron chi connectivity index (χ4n) is 6.55. The quantitative estimate of drug-likeness (QED) is 0.261. The molecule has 230 valence electrons. The average molecular weight is 600 g/mol. The van der Waals surface area contributed by atoms with Crippen LogP contribution in [0.25, 0.3) is 11.0 Å². The molecule has 0 N–H and O–H groups in total. The van der Waals surface area contributed by atoms with Crippen LogP contribution in [0.1, 0.15) is 53.2 Å². The van der Waals surface area contributed by atoms with E-state index < -0.39 is 12.6 Å². The van der Waals surface area contributed by atoms with Crippen LogP contribution in [-0.2, 0) is 29.3 Å². The Balaban J connectivity index is 1.09. The zero-order chi connectivity index (χ0) is 30.5. The minimum atomic E-state index is -0.637. The first-order chi connectivity index (χ1) is 21.5. The third kappa shape index (κ3) is 6.45. The summed E-state index contributed by atoms with van der Waals surface area (Å²) in [6.45, 7) is 3.39. The summed E-state index contributed by atoms with van der Waals surface area (Å²) in [5.41, 5.74) is 3.30. The first kappa shape index (κ1) is 29.7. The molecule has 0 atom stereocenters. The number of amides is 1. The lowest BCUT2D eigenvalue weighted by Crippen LogP contribution is -2.46. The van der Waals surface area contributed by atoms with Gasteiger partial charge in [-0.15, -0.1) is 0 Å². The highest BCUT2D eigenvalue weighted by molar-refractivity contribution is 5.89. The number of rotatable bonds is 9. The van der Waals surface area contributed by atoms with Crippen LogP contribution in [0.15, 0.2) is 77.9 Å². The topological polar surface area (TPSA) is 89.7 Å². The molecule has 0 spiro atoms. The Morgan fingerprint density at radius 2 is 1.59 bits per heavy atom. The molecule has 4 aromatic rings. The number of carbonyl (C=O) groups is 2. The van der Waals surface area contributed by atoms with Crippen LogP contribution in [0.2, 0.25) is 0 Å². The second-order valence-electron chi connectivity index (χ2n) is 11.7. The molecule has 2 aliphatic heterocycles. The normalized spacial score (nSPS) is 16.8. The van der Waals surface area contributed by atoms with Crippen molar-refractivity contribution in [3.05, 3.63) is 100 Å². The fraction of sp³-hybridized carbons (Fsp3) is 0.412. The summed E-state index contributed by atoms with van der Waals surface area (Å²) in [7, 11) is 0. The first-order valence-corrected chi connectivity index (χ1v) is 15.4. The van der Waals surface area contributed by atoms with E-state index in [1.165, 1.54) is 5.56 Å². The number of piperidine rings is 2. The van der Waals surface area contributed by atoms with Crippen LogP contribution in [0.4, 0.5) is 4.39 Å². The molecular weight excluding hydrogens is 561 g/mol. The maximum absolute atomic E-state index is 13.8. The number of benzene rings is 2. The van der Waals surface area contributed by atoms with Crippen molar-refractivity contribution in [2.24, 2.45) is 5.92 Å². The Kier molecular flexibility index (Phi) is 9.16. The summed E-state index contributed by atoms with van der Waals surface area (Å²) in [5, 5.41) is 0. The van der Waals surface area contributed by atoms with Crippen LogP contribution in [0.3, 0.4) is 0 Å². The molecule has 1 amide bonds. The monoisotopic (exact) mass is 599 g/mol. The molecule has 44 heavy (non-hydrogen) atoms. The average Bonchev–Trinajstić information content (AvgIpc) is 3.35. The van der Waals surface area contributed by atoms with Gasteiger partial charge in [-0.3, -0.25) is 23.8 Å². The summed E-state index contributed by atoms with van der Waals surface area (Å²) < 4.78 is 22.4. The number of esters is 1. The van der Waals surface area contributed by atoms with E-state index in [1.807, 2.05) is 35.5 Å². The van der Waals surface area contributed by atoms with Crippen LogP contribution in [-0.4, -0.2) is 68.6 Å². The molecule has 2 aromatic heterocycles. The number of ether oxygens (including phenoxy) is 1.